The van der Waals surface area contributed by atoms with Gasteiger partial charge in [0, 0.05) is 25.9 Å². The van der Waals surface area contributed by atoms with Gasteiger partial charge in [0.05, 0.1) is 0 Å². The number of nitrogens with zero attached hydrogens (tertiary/aromatic N) is 2. The molecule has 0 fully saturated rings. The smallest absolute Gasteiger partial charge is 0.308 e. The van der Waals surface area contributed by atoms with Gasteiger partial charge < -0.3 is 9.64 Å². The minimum atomic E-state index is -0.409. The quantitative estimate of drug-likeness (QED) is 0.270. The number of ether oxygens (including phenoxy) is 1. The van der Waals surface area contributed by atoms with Crippen molar-refractivity contribution in [1.29, 1.82) is 0 Å². The van der Waals surface area contributed by atoms with Gasteiger partial charge in [0.25, 0.3) is 0 Å². The zero-order valence-electron chi connectivity index (χ0n) is 11.9. The number of thiocarbonyl (C=S) groups is 1. The van der Waals surface area contributed by atoms with Crippen LogP contribution < -0.4 is 4.74 Å². The molecule has 8 heteroatoms. The van der Waals surface area contributed by atoms with Crippen LogP contribution in [-0.4, -0.2) is 40.8 Å². The van der Waals surface area contributed by atoms with E-state index in [0.29, 0.717) is 10.1 Å². The third-order valence-electron chi connectivity index (χ3n) is 2.44. The molecule has 1 aromatic carbocycles. The summed E-state index contributed by atoms with van der Waals surface area (Å²) < 4.78 is 5.51. The minimum Gasteiger partial charge on any atom is -0.427 e. The van der Waals surface area contributed by atoms with Crippen LogP contribution in [0, 0.1) is 10.1 Å². The summed E-state index contributed by atoms with van der Waals surface area (Å²) in [5, 5.41) is 10.4. The summed E-state index contributed by atoms with van der Waals surface area (Å²) in [4.78, 5) is 23.0. The first-order chi connectivity index (χ1) is 9.79. The summed E-state index contributed by atoms with van der Waals surface area (Å²) >= 11 is 6.45. The van der Waals surface area contributed by atoms with E-state index in [1.807, 2.05) is 0 Å². The Balaban J connectivity index is 2.89. The van der Waals surface area contributed by atoms with Gasteiger partial charge in [0.15, 0.2) is 0 Å². The molecule has 0 radical (unpaired) electrons. The average molecular weight is 328 g/mol. The van der Waals surface area contributed by atoms with Crippen LogP contribution in [0.2, 0.25) is 0 Å². The first kappa shape index (κ1) is 17.4. The Morgan fingerprint density at radius 1 is 1.43 bits per heavy atom. The maximum absolute atomic E-state index is 10.9. The standard InChI is InChI=1S/C13H16N2O4S2/c1-9(16)19-11-6-4-10(5-7-11)12(8-15(17)18)21-13(20)14(2)3/h4-7,12H,8H2,1-3H3. The van der Waals surface area contributed by atoms with E-state index in [0.717, 1.165) is 5.56 Å². The summed E-state index contributed by atoms with van der Waals surface area (Å²) in [6.45, 7) is 1.08. The molecule has 1 rings (SSSR count). The van der Waals surface area contributed by atoms with Crippen molar-refractivity contribution in [1.82, 2.24) is 4.90 Å². The zero-order chi connectivity index (χ0) is 16.0. The van der Waals surface area contributed by atoms with Crippen molar-refractivity contribution < 1.29 is 14.5 Å². The summed E-state index contributed by atoms with van der Waals surface area (Å²) in [6.07, 6.45) is 0. The van der Waals surface area contributed by atoms with Gasteiger partial charge in [-0.2, -0.15) is 0 Å². The molecular weight excluding hydrogens is 312 g/mol. The molecule has 0 saturated heterocycles. The fourth-order valence-electron chi connectivity index (χ4n) is 1.49. The Kier molecular flexibility index (Phi) is 6.57. The number of benzene rings is 1. The average Bonchev–Trinajstić information content (AvgIpc) is 2.37. The Hall–Kier alpha value is -1.67. The zero-order valence-corrected chi connectivity index (χ0v) is 13.6. The third-order valence-corrected chi connectivity index (χ3v) is 4.36. The molecule has 0 aliphatic heterocycles. The van der Waals surface area contributed by atoms with Gasteiger partial charge in [-0.1, -0.05) is 36.1 Å². The minimum absolute atomic E-state index is 0.231. The molecule has 0 N–H and O–H groups in total. The molecule has 1 aromatic rings. The molecule has 0 bridgehead atoms. The predicted molar refractivity (Wildman–Crippen MR) is 86.2 cm³/mol. The molecule has 0 aromatic heterocycles. The van der Waals surface area contributed by atoms with E-state index < -0.39 is 5.97 Å². The van der Waals surface area contributed by atoms with Crippen molar-refractivity contribution in [2.24, 2.45) is 0 Å². The molecule has 0 saturated carbocycles. The monoisotopic (exact) mass is 328 g/mol. The summed E-state index contributed by atoms with van der Waals surface area (Å²) in [5.74, 6) is -0.000888. The maximum Gasteiger partial charge on any atom is 0.308 e. The van der Waals surface area contributed by atoms with E-state index in [2.05, 4.69) is 0 Å². The van der Waals surface area contributed by atoms with Gasteiger partial charge in [-0.15, -0.1) is 0 Å². The molecule has 0 aliphatic rings. The SMILES string of the molecule is CC(=O)Oc1ccc(C(C[N+](=O)[O-])SC(=S)N(C)C)cc1. The van der Waals surface area contributed by atoms with Gasteiger partial charge in [-0.05, 0) is 17.7 Å². The Bertz CT molecular complexity index is 531. The van der Waals surface area contributed by atoms with Crippen molar-refractivity contribution in [2.45, 2.75) is 12.2 Å². The lowest BCUT2D eigenvalue weighted by molar-refractivity contribution is -0.479. The predicted octanol–water partition coefficient (Wildman–Crippen LogP) is 2.51. The largest absolute Gasteiger partial charge is 0.427 e. The van der Waals surface area contributed by atoms with E-state index >= 15 is 0 Å². The van der Waals surface area contributed by atoms with Gasteiger partial charge in [0.1, 0.15) is 15.3 Å². The molecule has 21 heavy (non-hydrogen) atoms. The lowest BCUT2D eigenvalue weighted by Gasteiger charge is -2.18. The number of carbonyl (C=O) groups is 1. The van der Waals surface area contributed by atoms with E-state index in [1.165, 1.54) is 18.7 Å². The molecule has 0 spiro atoms. The molecule has 114 valence electrons. The van der Waals surface area contributed by atoms with Gasteiger partial charge >= 0.3 is 5.97 Å². The second-order valence-electron chi connectivity index (χ2n) is 4.44. The Morgan fingerprint density at radius 3 is 2.43 bits per heavy atom. The van der Waals surface area contributed by atoms with Crippen molar-refractivity contribution in [3.8, 4) is 5.75 Å². The van der Waals surface area contributed by atoms with Gasteiger partial charge in [0.2, 0.25) is 6.54 Å². The van der Waals surface area contributed by atoms with Crippen molar-refractivity contribution in [2.75, 3.05) is 20.6 Å². The van der Waals surface area contributed by atoms with Crippen LogP contribution in [-0.2, 0) is 4.79 Å². The fraction of sp³-hybridized carbons (Fsp3) is 0.385. The number of thioether (sulfide) groups is 1. The number of esters is 1. The first-order valence-corrected chi connectivity index (χ1v) is 7.36. The molecular formula is C13H16N2O4S2. The lowest BCUT2D eigenvalue weighted by atomic mass is 10.1. The highest BCUT2D eigenvalue weighted by Gasteiger charge is 2.21. The fourth-order valence-corrected chi connectivity index (χ4v) is 2.78. The first-order valence-electron chi connectivity index (χ1n) is 6.07. The summed E-state index contributed by atoms with van der Waals surface area (Å²) in [7, 11) is 3.59. The van der Waals surface area contributed by atoms with Crippen LogP contribution >= 0.6 is 24.0 Å². The van der Waals surface area contributed by atoms with Crippen LogP contribution in [0.5, 0.6) is 5.75 Å². The second-order valence-corrected chi connectivity index (χ2v) is 6.28. The molecule has 0 amide bonds. The van der Waals surface area contributed by atoms with E-state index in [-0.39, 0.29) is 16.7 Å². The van der Waals surface area contributed by atoms with Gasteiger partial charge in [-0.3, -0.25) is 14.9 Å². The number of nitro groups is 1. The second kappa shape index (κ2) is 7.94. The highest BCUT2D eigenvalue weighted by atomic mass is 32.2. The van der Waals surface area contributed by atoms with Crippen LogP contribution in [0.4, 0.5) is 0 Å². The molecule has 1 atom stereocenters. The summed E-state index contributed by atoms with van der Waals surface area (Å²) in [6, 6.07) is 6.64. The van der Waals surface area contributed by atoms with Crippen LogP contribution in [0.25, 0.3) is 0 Å². The number of rotatable bonds is 5. The molecule has 6 nitrogen and oxygen atoms in total. The van der Waals surface area contributed by atoms with E-state index in [9.17, 15) is 14.9 Å². The number of hydrogen-bond acceptors (Lipinski definition) is 6. The van der Waals surface area contributed by atoms with Crippen molar-refractivity contribution in [3.63, 3.8) is 0 Å². The molecule has 0 aliphatic carbocycles. The van der Waals surface area contributed by atoms with E-state index in [4.69, 9.17) is 17.0 Å². The number of carbonyl (C=O) groups excluding carboxylic acids is 1. The lowest BCUT2D eigenvalue weighted by Crippen LogP contribution is -2.20. The topological polar surface area (TPSA) is 72.7 Å². The van der Waals surface area contributed by atoms with Crippen LogP contribution in [0.3, 0.4) is 0 Å². The maximum atomic E-state index is 10.9. The van der Waals surface area contributed by atoms with Crippen molar-refractivity contribution in [3.05, 3.63) is 39.9 Å². The van der Waals surface area contributed by atoms with Crippen LogP contribution in [0.1, 0.15) is 17.7 Å². The Morgan fingerprint density at radius 2 is 2.00 bits per heavy atom. The molecule has 0 heterocycles. The normalized spacial score (nSPS) is 11.6. The summed E-state index contributed by atoms with van der Waals surface area (Å²) in [5.41, 5.74) is 0.761. The van der Waals surface area contributed by atoms with Crippen molar-refractivity contribution >= 4 is 34.3 Å². The Labute approximate surface area is 132 Å². The molecule has 1 unspecified atom stereocenters. The van der Waals surface area contributed by atoms with E-state index in [1.54, 1.807) is 43.3 Å². The van der Waals surface area contributed by atoms with Gasteiger partial charge in [-0.25, -0.2) is 0 Å². The number of hydrogen-bond donors (Lipinski definition) is 0. The highest BCUT2D eigenvalue weighted by molar-refractivity contribution is 8.23. The highest BCUT2D eigenvalue weighted by Crippen LogP contribution is 2.31. The van der Waals surface area contributed by atoms with Crippen LogP contribution in [0.15, 0.2) is 24.3 Å². The third kappa shape index (κ3) is 6.09.